The van der Waals surface area contributed by atoms with Gasteiger partial charge in [-0.2, -0.15) is 5.26 Å². The molecule has 0 amide bonds. The van der Waals surface area contributed by atoms with Gasteiger partial charge in [-0.1, -0.05) is 35.6 Å². The first-order valence-corrected chi connectivity index (χ1v) is 11.7. The number of nitrogens with one attached hydrogen (secondary N) is 1. The molecule has 1 atom stereocenters. The predicted octanol–water partition coefficient (Wildman–Crippen LogP) is 6.29. The van der Waals surface area contributed by atoms with E-state index in [1.165, 1.54) is 29.5 Å². The van der Waals surface area contributed by atoms with Crippen LogP contribution in [0.15, 0.2) is 48.5 Å². The monoisotopic (exact) mass is 442 g/mol. The maximum absolute atomic E-state index is 9.02. The van der Waals surface area contributed by atoms with Crippen LogP contribution in [0.1, 0.15) is 58.9 Å². The third-order valence-corrected chi connectivity index (χ3v) is 6.86. The molecule has 1 aromatic heterocycles. The number of benzene rings is 2. The summed E-state index contributed by atoms with van der Waals surface area (Å²) in [7, 11) is 0. The number of nitrogens with zero attached hydrogens (tertiary/aromatic N) is 3. The molecular formula is C26H26N4OS. The van der Waals surface area contributed by atoms with Crippen molar-refractivity contribution in [1.82, 2.24) is 10.2 Å². The Morgan fingerprint density at radius 3 is 2.69 bits per heavy atom. The van der Waals surface area contributed by atoms with Crippen molar-refractivity contribution in [3.8, 4) is 16.6 Å². The highest BCUT2D eigenvalue weighted by molar-refractivity contribution is 7.14. The Labute approximate surface area is 192 Å². The van der Waals surface area contributed by atoms with E-state index < -0.39 is 0 Å². The minimum atomic E-state index is -0.0129. The van der Waals surface area contributed by atoms with E-state index in [0.717, 1.165) is 40.4 Å². The number of aromatic nitrogens is 2. The van der Waals surface area contributed by atoms with E-state index in [2.05, 4.69) is 47.5 Å². The summed E-state index contributed by atoms with van der Waals surface area (Å²) in [5.74, 6) is -0.0129. The summed E-state index contributed by atoms with van der Waals surface area (Å²) >= 11 is 1.59. The molecule has 5 nitrogen and oxygen atoms in total. The van der Waals surface area contributed by atoms with E-state index in [9.17, 15) is 0 Å². The van der Waals surface area contributed by atoms with Crippen LogP contribution < -0.4 is 0 Å². The largest absolute Gasteiger partial charge is 0.483 e. The number of hydrogen-bond acceptors (Lipinski definition) is 6. The molecular weight excluding hydrogens is 416 g/mol. The van der Waals surface area contributed by atoms with Crippen molar-refractivity contribution < 1.29 is 4.74 Å². The molecule has 1 aliphatic carbocycles. The van der Waals surface area contributed by atoms with E-state index in [-0.39, 0.29) is 5.92 Å². The van der Waals surface area contributed by atoms with Crippen molar-refractivity contribution >= 4 is 23.3 Å². The summed E-state index contributed by atoms with van der Waals surface area (Å²) in [6, 6.07) is 16.4. The Balaban J connectivity index is 1.59. The van der Waals surface area contributed by atoms with Crippen molar-refractivity contribution in [2.45, 2.75) is 44.9 Å². The zero-order valence-corrected chi connectivity index (χ0v) is 19.0. The number of allylic oxidation sites excluding steroid dienone is 2. The molecule has 0 fully saturated rings. The molecule has 32 heavy (non-hydrogen) atoms. The molecule has 0 saturated heterocycles. The number of ether oxygens (including phenoxy) is 1. The van der Waals surface area contributed by atoms with Gasteiger partial charge in [0.1, 0.15) is 10.0 Å². The topological polar surface area (TPSA) is 82.7 Å². The molecule has 162 valence electrons. The Morgan fingerprint density at radius 2 is 1.97 bits per heavy atom. The number of aryl methyl sites for hydroxylation is 1. The minimum absolute atomic E-state index is 0.0129. The van der Waals surface area contributed by atoms with Gasteiger partial charge in [-0.25, -0.2) is 0 Å². The fraction of sp³-hybridized carbons (Fsp3) is 0.308. The zero-order valence-electron chi connectivity index (χ0n) is 18.2. The highest BCUT2D eigenvalue weighted by atomic mass is 32.1. The van der Waals surface area contributed by atoms with Crippen LogP contribution in [0.3, 0.4) is 0 Å². The lowest BCUT2D eigenvalue weighted by atomic mass is 9.92. The molecule has 0 spiro atoms. The molecule has 0 radical (unpaired) electrons. The van der Waals surface area contributed by atoms with Gasteiger partial charge < -0.3 is 4.74 Å². The second-order valence-corrected chi connectivity index (χ2v) is 9.18. The SMILES string of the molecule is Cc1cc(C2=CCCCC2)cc(-c2nnc([C@@H](COC=N)Cc3ccc(C#N)cc3)s2)c1. The Bertz CT molecular complexity index is 1160. The quantitative estimate of drug-likeness (QED) is 0.328. The standard InChI is InChI=1S/C26H26N4OS/c1-18-11-22(21-5-3-2-4-6-21)14-23(12-18)25-29-30-26(32-25)24(16-31-17-28)13-19-7-9-20(15-27)10-8-19/h5,7-12,14,17,24,28H,2-4,6,13,16H2,1H3/t24-/m1/s1. The zero-order chi connectivity index (χ0) is 22.3. The lowest BCUT2D eigenvalue weighted by Crippen LogP contribution is -2.10. The number of rotatable bonds is 8. The van der Waals surface area contributed by atoms with Gasteiger partial charge in [0.25, 0.3) is 0 Å². The molecule has 4 rings (SSSR count). The van der Waals surface area contributed by atoms with Crippen molar-refractivity contribution in [1.29, 1.82) is 10.7 Å². The molecule has 1 aliphatic rings. The molecule has 1 heterocycles. The van der Waals surface area contributed by atoms with E-state index in [0.29, 0.717) is 18.6 Å². The number of nitriles is 1. The van der Waals surface area contributed by atoms with Crippen molar-refractivity contribution in [3.05, 3.63) is 75.8 Å². The van der Waals surface area contributed by atoms with E-state index in [4.69, 9.17) is 15.4 Å². The fourth-order valence-electron chi connectivity index (χ4n) is 4.09. The predicted molar refractivity (Wildman–Crippen MR) is 129 cm³/mol. The maximum atomic E-state index is 9.02. The van der Waals surface area contributed by atoms with Crippen LogP contribution >= 0.6 is 11.3 Å². The third-order valence-electron chi connectivity index (χ3n) is 5.72. The minimum Gasteiger partial charge on any atom is -0.483 e. The molecule has 1 N–H and O–H groups in total. The van der Waals surface area contributed by atoms with Gasteiger partial charge in [-0.15, -0.1) is 10.2 Å². The summed E-state index contributed by atoms with van der Waals surface area (Å²) in [5.41, 5.74) is 6.79. The van der Waals surface area contributed by atoms with Crippen LogP contribution in [-0.4, -0.2) is 23.2 Å². The summed E-state index contributed by atoms with van der Waals surface area (Å²) in [6.45, 7) is 2.49. The van der Waals surface area contributed by atoms with Gasteiger partial charge in [0.2, 0.25) is 0 Å². The second-order valence-electron chi connectivity index (χ2n) is 8.17. The Morgan fingerprint density at radius 1 is 1.16 bits per heavy atom. The van der Waals surface area contributed by atoms with Crippen LogP contribution in [0.4, 0.5) is 0 Å². The molecule has 0 saturated carbocycles. The lowest BCUT2D eigenvalue weighted by Gasteiger charge is -2.14. The van der Waals surface area contributed by atoms with Crippen molar-refractivity contribution in [2.24, 2.45) is 0 Å². The smallest absolute Gasteiger partial charge is 0.166 e. The van der Waals surface area contributed by atoms with Crippen LogP contribution in [-0.2, 0) is 11.2 Å². The van der Waals surface area contributed by atoms with Crippen LogP contribution in [0.2, 0.25) is 0 Å². The van der Waals surface area contributed by atoms with Gasteiger partial charge in [-0.3, -0.25) is 5.41 Å². The summed E-state index contributed by atoms with van der Waals surface area (Å²) in [4.78, 5) is 0. The fourth-order valence-corrected chi connectivity index (χ4v) is 5.01. The lowest BCUT2D eigenvalue weighted by molar-refractivity contribution is 0.285. The normalized spacial score (nSPS) is 14.3. The maximum Gasteiger partial charge on any atom is 0.166 e. The first kappa shape index (κ1) is 21.9. The highest BCUT2D eigenvalue weighted by Gasteiger charge is 2.20. The average Bonchev–Trinajstić information content (AvgIpc) is 3.33. The van der Waals surface area contributed by atoms with E-state index in [1.54, 1.807) is 11.3 Å². The first-order chi connectivity index (χ1) is 15.7. The summed E-state index contributed by atoms with van der Waals surface area (Å²) in [5, 5.41) is 27.1. The second kappa shape index (κ2) is 10.3. The van der Waals surface area contributed by atoms with Crippen molar-refractivity contribution in [2.75, 3.05) is 6.61 Å². The van der Waals surface area contributed by atoms with Crippen molar-refractivity contribution in [3.63, 3.8) is 0 Å². The molecule has 3 aromatic rings. The third kappa shape index (κ3) is 5.30. The molecule has 0 aliphatic heterocycles. The highest BCUT2D eigenvalue weighted by Crippen LogP contribution is 2.34. The molecule has 0 bridgehead atoms. The van der Waals surface area contributed by atoms with Gasteiger partial charge in [0.05, 0.1) is 24.2 Å². The first-order valence-electron chi connectivity index (χ1n) is 10.9. The van der Waals surface area contributed by atoms with Crippen LogP contribution in [0.25, 0.3) is 16.1 Å². The van der Waals surface area contributed by atoms with Gasteiger partial charge >= 0.3 is 0 Å². The average molecular weight is 443 g/mol. The van der Waals surface area contributed by atoms with Crippen LogP contribution in [0.5, 0.6) is 0 Å². The van der Waals surface area contributed by atoms with E-state index >= 15 is 0 Å². The molecule has 2 aromatic carbocycles. The molecule has 0 unspecified atom stereocenters. The van der Waals surface area contributed by atoms with Gasteiger partial charge in [-0.05, 0) is 85.6 Å². The summed E-state index contributed by atoms with van der Waals surface area (Å²) in [6.07, 6.45) is 8.88. The Hall–Kier alpha value is -3.30. The van der Waals surface area contributed by atoms with Gasteiger partial charge in [0, 0.05) is 5.56 Å². The van der Waals surface area contributed by atoms with Crippen LogP contribution in [0, 0.1) is 23.7 Å². The summed E-state index contributed by atoms with van der Waals surface area (Å²) < 4.78 is 5.32. The number of hydrogen-bond donors (Lipinski definition) is 1. The molecule has 6 heteroatoms. The van der Waals surface area contributed by atoms with E-state index in [1.807, 2.05) is 24.3 Å². The Kier molecular flexibility index (Phi) is 7.08. The van der Waals surface area contributed by atoms with Gasteiger partial charge in [0.15, 0.2) is 6.40 Å².